The van der Waals surface area contributed by atoms with Gasteiger partial charge in [0.25, 0.3) is 0 Å². The van der Waals surface area contributed by atoms with E-state index in [1.54, 1.807) is 4.90 Å². The molecule has 1 aliphatic rings. The Balaban J connectivity index is 2.41. The monoisotopic (exact) mass is 254 g/mol. The minimum absolute atomic E-state index is 0.128. The smallest absolute Gasteiger partial charge is 0.350 e. The highest BCUT2D eigenvalue weighted by Gasteiger charge is 2.33. The van der Waals surface area contributed by atoms with E-state index in [0.717, 1.165) is 5.56 Å². The fourth-order valence-electron chi connectivity index (χ4n) is 1.93. The molecule has 0 saturated carbocycles. The molecule has 92 valence electrons. The molecule has 1 fully saturated rings. The van der Waals surface area contributed by atoms with Crippen molar-refractivity contribution in [3.8, 4) is 0 Å². The third-order valence-electron chi connectivity index (χ3n) is 2.83. The Labute approximate surface area is 103 Å². The normalized spacial score (nSPS) is 19.8. The van der Waals surface area contributed by atoms with Gasteiger partial charge in [-0.1, -0.05) is 0 Å². The number of rotatable bonds is 2. The van der Waals surface area contributed by atoms with Gasteiger partial charge >= 0.3 is 5.97 Å². The van der Waals surface area contributed by atoms with Crippen molar-refractivity contribution >= 4 is 28.9 Å². The molecular weight excluding hydrogens is 240 g/mol. The maximum Gasteiger partial charge on any atom is 0.350 e. The average Bonchev–Trinajstić information content (AvgIpc) is 2.84. The van der Waals surface area contributed by atoms with Crippen molar-refractivity contribution in [1.29, 1.82) is 0 Å². The fraction of sp³-hybridized carbons (Fsp3) is 0.455. The number of anilines is 1. The molecule has 0 aromatic carbocycles. The molecule has 1 unspecified atom stereocenters. The number of methoxy groups -OCH3 is 1. The lowest BCUT2D eigenvalue weighted by molar-refractivity contribution is -0.118. The van der Waals surface area contributed by atoms with Crippen molar-refractivity contribution in [2.24, 2.45) is 5.73 Å². The molecule has 2 N–H and O–H groups in total. The Morgan fingerprint density at radius 1 is 1.65 bits per heavy atom. The average molecular weight is 254 g/mol. The van der Waals surface area contributed by atoms with E-state index in [4.69, 9.17) is 10.5 Å². The molecule has 6 heteroatoms. The molecule has 0 aliphatic carbocycles. The quantitative estimate of drug-likeness (QED) is 0.796. The van der Waals surface area contributed by atoms with E-state index in [9.17, 15) is 9.59 Å². The number of amides is 1. The van der Waals surface area contributed by atoms with E-state index < -0.39 is 12.0 Å². The van der Waals surface area contributed by atoms with Gasteiger partial charge in [-0.3, -0.25) is 4.79 Å². The predicted octanol–water partition coefficient (Wildman–Crippen LogP) is 0.907. The number of carbonyl (C=O) groups is 2. The summed E-state index contributed by atoms with van der Waals surface area (Å²) in [6, 6.07) is -0.459. The van der Waals surface area contributed by atoms with Crippen LogP contribution < -0.4 is 10.6 Å². The topological polar surface area (TPSA) is 72.6 Å². The highest BCUT2D eigenvalue weighted by atomic mass is 32.1. The summed E-state index contributed by atoms with van der Waals surface area (Å²) in [5.41, 5.74) is 7.23. The molecule has 0 bridgehead atoms. The maximum atomic E-state index is 11.9. The molecular formula is C11H14N2O3S. The zero-order chi connectivity index (χ0) is 12.6. The number of hydrogen-bond donors (Lipinski definition) is 1. The highest BCUT2D eigenvalue weighted by molar-refractivity contribution is 7.12. The van der Waals surface area contributed by atoms with Crippen LogP contribution in [0.4, 0.5) is 5.69 Å². The van der Waals surface area contributed by atoms with Crippen molar-refractivity contribution in [2.75, 3.05) is 18.6 Å². The Morgan fingerprint density at radius 2 is 2.35 bits per heavy atom. The number of ether oxygens (including phenoxy) is 1. The molecule has 5 nitrogen and oxygen atoms in total. The van der Waals surface area contributed by atoms with Gasteiger partial charge in [0, 0.05) is 6.54 Å². The number of esters is 1. The molecule has 1 saturated heterocycles. The first-order valence-corrected chi connectivity index (χ1v) is 6.17. The molecule has 0 spiro atoms. The van der Waals surface area contributed by atoms with Gasteiger partial charge in [0.2, 0.25) is 5.91 Å². The van der Waals surface area contributed by atoms with Crippen LogP contribution in [0.2, 0.25) is 0 Å². The van der Waals surface area contributed by atoms with E-state index in [0.29, 0.717) is 23.5 Å². The Kier molecular flexibility index (Phi) is 3.17. The van der Waals surface area contributed by atoms with E-state index in [2.05, 4.69) is 0 Å². The molecule has 17 heavy (non-hydrogen) atoms. The van der Waals surface area contributed by atoms with Crippen LogP contribution in [0.5, 0.6) is 0 Å². The van der Waals surface area contributed by atoms with Crippen molar-refractivity contribution in [1.82, 2.24) is 0 Å². The zero-order valence-corrected chi connectivity index (χ0v) is 10.5. The van der Waals surface area contributed by atoms with Crippen LogP contribution in [0.3, 0.4) is 0 Å². The lowest BCUT2D eigenvalue weighted by atomic mass is 10.2. The largest absolute Gasteiger partial charge is 0.465 e. The number of nitrogens with two attached hydrogens (primary N) is 1. The molecule has 0 radical (unpaired) electrons. The first-order valence-electron chi connectivity index (χ1n) is 5.29. The third kappa shape index (κ3) is 1.94. The van der Waals surface area contributed by atoms with Gasteiger partial charge in [0.1, 0.15) is 4.88 Å². The molecule has 1 aromatic rings. The van der Waals surface area contributed by atoms with Gasteiger partial charge in [-0.25, -0.2) is 4.79 Å². The summed E-state index contributed by atoms with van der Waals surface area (Å²) >= 11 is 1.29. The second kappa shape index (κ2) is 4.46. The molecule has 1 amide bonds. The summed E-state index contributed by atoms with van der Waals surface area (Å²) in [4.78, 5) is 25.5. The third-order valence-corrected chi connectivity index (χ3v) is 3.90. The molecule has 1 aliphatic heterocycles. The van der Waals surface area contributed by atoms with Crippen LogP contribution in [0.1, 0.15) is 21.7 Å². The number of aryl methyl sites for hydroxylation is 1. The van der Waals surface area contributed by atoms with Crippen LogP contribution in [0.15, 0.2) is 5.38 Å². The molecule has 2 rings (SSSR count). The van der Waals surface area contributed by atoms with Gasteiger partial charge in [-0.2, -0.15) is 0 Å². The summed E-state index contributed by atoms with van der Waals surface area (Å²) in [5, 5.41) is 1.85. The fourth-order valence-corrected chi connectivity index (χ4v) is 2.90. The number of hydrogen-bond acceptors (Lipinski definition) is 5. The van der Waals surface area contributed by atoms with E-state index >= 15 is 0 Å². The molecule has 1 atom stereocenters. The number of nitrogens with zero attached hydrogens (tertiary/aromatic N) is 1. The van der Waals surface area contributed by atoms with Gasteiger partial charge in [0.15, 0.2) is 0 Å². The summed E-state index contributed by atoms with van der Waals surface area (Å²) in [6.45, 7) is 2.43. The van der Waals surface area contributed by atoms with Crippen LogP contribution >= 0.6 is 11.3 Å². The van der Waals surface area contributed by atoms with E-state index in [1.165, 1.54) is 18.4 Å². The lowest BCUT2D eigenvalue weighted by Crippen LogP contribution is -2.34. The summed E-state index contributed by atoms with van der Waals surface area (Å²) in [6.07, 6.45) is 0.620. The van der Waals surface area contributed by atoms with Crippen LogP contribution in [-0.2, 0) is 9.53 Å². The highest BCUT2D eigenvalue weighted by Crippen LogP contribution is 2.34. The number of thiophene rings is 1. The zero-order valence-electron chi connectivity index (χ0n) is 9.73. The standard InChI is InChI=1S/C11H14N2O3S/c1-6-5-17-9(11(15)16-2)8(6)13-4-3-7(12)10(13)14/h5,7H,3-4,12H2,1-2H3. The SMILES string of the molecule is COC(=O)c1scc(C)c1N1CCC(N)C1=O. The second-order valence-electron chi connectivity index (χ2n) is 3.97. The minimum Gasteiger partial charge on any atom is -0.465 e. The van der Waals surface area contributed by atoms with Crippen molar-refractivity contribution < 1.29 is 14.3 Å². The van der Waals surface area contributed by atoms with Gasteiger partial charge in [0.05, 0.1) is 18.8 Å². The Morgan fingerprint density at radius 3 is 2.88 bits per heavy atom. The van der Waals surface area contributed by atoms with Gasteiger partial charge in [-0.15, -0.1) is 11.3 Å². The summed E-state index contributed by atoms with van der Waals surface area (Å²) < 4.78 is 4.71. The predicted molar refractivity (Wildman–Crippen MR) is 65.3 cm³/mol. The minimum atomic E-state index is -0.459. The lowest BCUT2D eigenvalue weighted by Gasteiger charge is -2.17. The van der Waals surface area contributed by atoms with Crippen LogP contribution in [-0.4, -0.2) is 31.6 Å². The second-order valence-corrected chi connectivity index (χ2v) is 4.85. The maximum absolute atomic E-state index is 11.9. The van der Waals surface area contributed by atoms with Gasteiger partial charge < -0.3 is 15.4 Å². The van der Waals surface area contributed by atoms with Gasteiger partial charge in [-0.05, 0) is 24.3 Å². The van der Waals surface area contributed by atoms with E-state index in [-0.39, 0.29) is 5.91 Å². The molecule has 2 heterocycles. The van der Waals surface area contributed by atoms with Crippen molar-refractivity contribution in [3.05, 3.63) is 15.8 Å². The first kappa shape index (κ1) is 12.1. The summed E-state index contributed by atoms with van der Waals surface area (Å²) in [7, 11) is 1.33. The van der Waals surface area contributed by atoms with Crippen molar-refractivity contribution in [3.63, 3.8) is 0 Å². The number of carbonyl (C=O) groups excluding carboxylic acids is 2. The Bertz CT molecular complexity index is 469. The molecule has 1 aromatic heterocycles. The summed E-state index contributed by atoms with van der Waals surface area (Å²) in [5.74, 6) is -0.539. The van der Waals surface area contributed by atoms with Crippen LogP contribution in [0.25, 0.3) is 0 Å². The Hall–Kier alpha value is -1.40. The van der Waals surface area contributed by atoms with Crippen molar-refractivity contribution in [2.45, 2.75) is 19.4 Å². The first-order chi connectivity index (χ1) is 8.06. The van der Waals surface area contributed by atoms with E-state index in [1.807, 2.05) is 12.3 Å². The van der Waals surface area contributed by atoms with Crippen LogP contribution in [0, 0.1) is 6.92 Å².